The Morgan fingerprint density at radius 3 is 2.21 bits per heavy atom. The first-order valence-corrected chi connectivity index (χ1v) is 7.80. The Labute approximate surface area is 139 Å². The van der Waals surface area contributed by atoms with Gasteiger partial charge in [-0.25, -0.2) is 4.79 Å². The van der Waals surface area contributed by atoms with Crippen LogP contribution in [0.5, 0.6) is 0 Å². The van der Waals surface area contributed by atoms with Crippen molar-refractivity contribution in [2.45, 2.75) is 6.54 Å². The van der Waals surface area contributed by atoms with Gasteiger partial charge in [-0.2, -0.15) is 0 Å². The van der Waals surface area contributed by atoms with Gasteiger partial charge in [-0.05, 0) is 17.2 Å². The molecule has 116 valence electrons. The molecule has 1 aliphatic carbocycles. The topological polar surface area (TPSA) is 49.7 Å². The number of benzene rings is 3. The summed E-state index contributed by atoms with van der Waals surface area (Å²) in [7, 11) is 0. The van der Waals surface area contributed by atoms with Gasteiger partial charge in [0.2, 0.25) is 0 Å². The molecular weight excluding hydrogens is 298 g/mol. The number of carboxylic acid groups (broad SMARTS) is 1. The minimum Gasteiger partial charge on any atom is -0.478 e. The molecule has 0 spiro atoms. The van der Waals surface area contributed by atoms with E-state index in [4.69, 9.17) is 4.99 Å². The van der Waals surface area contributed by atoms with Crippen molar-refractivity contribution in [2.24, 2.45) is 4.99 Å². The fraction of sp³-hybridized carbons (Fsp3) is 0.0476. The van der Waals surface area contributed by atoms with Crippen molar-refractivity contribution >= 4 is 11.7 Å². The predicted molar refractivity (Wildman–Crippen MR) is 94.6 cm³/mol. The summed E-state index contributed by atoms with van der Waals surface area (Å²) < 4.78 is 0. The number of fused-ring (bicyclic) bond motifs is 3. The first-order valence-electron chi connectivity index (χ1n) is 7.80. The number of carbonyl (C=O) groups is 1. The molecule has 0 radical (unpaired) electrons. The van der Waals surface area contributed by atoms with Gasteiger partial charge in [-0.3, -0.25) is 4.99 Å². The summed E-state index contributed by atoms with van der Waals surface area (Å²) in [5, 5.41) is 9.53. The van der Waals surface area contributed by atoms with Crippen LogP contribution >= 0.6 is 0 Å². The summed E-state index contributed by atoms with van der Waals surface area (Å²) in [5.41, 5.74) is 5.93. The van der Waals surface area contributed by atoms with Crippen molar-refractivity contribution in [3.8, 4) is 11.1 Å². The van der Waals surface area contributed by atoms with Gasteiger partial charge < -0.3 is 5.11 Å². The molecule has 0 bridgehead atoms. The Morgan fingerprint density at radius 2 is 1.46 bits per heavy atom. The van der Waals surface area contributed by atoms with Crippen molar-refractivity contribution in [2.75, 3.05) is 0 Å². The molecular formula is C21H15NO2. The monoisotopic (exact) mass is 313 g/mol. The zero-order chi connectivity index (χ0) is 16.5. The van der Waals surface area contributed by atoms with Crippen LogP contribution in [0.3, 0.4) is 0 Å². The maximum Gasteiger partial charge on any atom is 0.336 e. The predicted octanol–water partition coefficient (Wildman–Crippen LogP) is 4.40. The van der Waals surface area contributed by atoms with Crippen LogP contribution in [-0.2, 0) is 6.54 Å². The highest BCUT2D eigenvalue weighted by Gasteiger charge is 2.28. The summed E-state index contributed by atoms with van der Waals surface area (Å²) >= 11 is 0. The summed E-state index contributed by atoms with van der Waals surface area (Å²) in [6.07, 6.45) is 0. The highest BCUT2D eigenvalue weighted by atomic mass is 16.4. The molecule has 3 heteroatoms. The maximum absolute atomic E-state index is 11.6. The van der Waals surface area contributed by atoms with Crippen LogP contribution < -0.4 is 0 Å². The van der Waals surface area contributed by atoms with E-state index in [9.17, 15) is 9.90 Å². The number of carboxylic acids is 1. The zero-order valence-electron chi connectivity index (χ0n) is 12.9. The van der Waals surface area contributed by atoms with Gasteiger partial charge in [0, 0.05) is 16.7 Å². The van der Waals surface area contributed by atoms with Crippen LogP contribution in [0.25, 0.3) is 11.1 Å². The molecule has 0 saturated carbocycles. The lowest BCUT2D eigenvalue weighted by Gasteiger charge is -2.05. The Hall–Kier alpha value is -3.20. The Kier molecular flexibility index (Phi) is 3.47. The van der Waals surface area contributed by atoms with Crippen LogP contribution in [-0.4, -0.2) is 16.8 Å². The third kappa shape index (κ3) is 2.31. The smallest absolute Gasteiger partial charge is 0.336 e. The maximum atomic E-state index is 11.6. The molecule has 0 atom stereocenters. The van der Waals surface area contributed by atoms with Gasteiger partial charge in [-0.15, -0.1) is 0 Å². The Balaban J connectivity index is 1.88. The van der Waals surface area contributed by atoms with E-state index in [1.54, 1.807) is 12.1 Å². The van der Waals surface area contributed by atoms with Crippen LogP contribution in [0.2, 0.25) is 0 Å². The van der Waals surface area contributed by atoms with Crippen molar-refractivity contribution < 1.29 is 9.90 Å². The number of hydrogen-bond donors (Lipinski definition) is 1. The third-order valence-electron chi connectivity index (χ3n) is 4.26. The second-order valence-corrected chi connectivity index (χ2v) is 5.73. The summed E-state index contributed by atoms with van der Waals surface area (Å²) in [4.78, 5) is 16.4. The molecule has 0 heterocycles. The molecule has 0 fully saturated rings. The summed E-state index contributed by atoms with van der Waals surface area (Å²) in [6, 6.07) is 23.3. The quantitative estimate of drug-likeness (QED) is 0.609. The van der Waals surface area contributed by atoms with E-state index < -0.39 is 5.97 Å². The number of rotatable bonds is 3. The molecule has 3 aromatic rings. The first kappa shape index (κ1) is 14.4. The summed E-state index contributed by atoms with van der Waals surface area (Å²) in [5.74, 6) is -0.911. The van der Waals surface area contributed by atoms with Crippen LogP contribution in [0.4, 0.5) is 0 Å². The van der Waals surface area contributed by atoms with Crippen molar-refractivity contribution in [3.63, 3.8) is 0 Å². The van der Waals surface area contributed by atoms with Gasteiger partial charge in [0.15, 0.2) is 0 Å². The second kappa shape index (κ2) is 5.78. The molecule has 3 aromatic carbocycles. The molecule has 0 unspecified atom stereocenters. The molecule has 0 aliphatic heterocycles. The summed E-state index contributed by atoms with van der Waals surface area (Å²) in [6.45, 7) is 0.571. The van der Waals surface area contributed by atoms with Gasteiger partial charge in [0.25, 0.3) is 0 Å². The third-order valence-corrected chi connectivity index (χ3v) is 4.26. The Bertz CT molecular complexity index is 959. The number of aliphatic imine (C=N–C) groups is 1. The molecule has 3 nitrogen and oxygen atoms in total. The van der Waals surface area contributed by atoms with Gasteiger partial charge in [0.05, 0.1) is 17.8 Å². The van der Waals surface area contributed by atoms with Gasteiger partial charge in [0.1, 0.15) is 0 Å². The fourth-order valence-corrected chi connectivity index (χ4v) is 3.19. The number of nitrogens with zero attached hydrogens (tertiary/aromatic N) is 1. The fourth-order valence-electron chi connectivity index (χ4n) is 3.19. The van der Waals surface area contributed by atoms with Crippen LogP contribution in [0, 0.1) is 0 Å². The van der Waals surface area contributed by atoms with Crippen LogP contribution in [0.1, 0.15) is 27.0 Å². The first-order chi connectivity index (χ1) is 11.8. The standard InChI is InChI=1S/C21H15NO2/c23-21(24)18-12-6-11-17-19(18)15-9-4-5-10-16(15)20(17)22-13-14-7-2-1-3-8-14/h1-12H,13H2,(H,23,24). The van der Waals surface area contributed by atoms with Gasteiger partial charge >= 0.3 is 5.97 Å². The average molecular weight is 313 g/mol. The van der Waals surface area contributed by atoms with E-state index in [0.717, 1.165) is 33.5 Å². The van der Waals surface area contributed by atoms with Crippen molar-refractivity contribution in [1.29, 1.82) is 0 Å². The van der Waals surface area contributed by atoms with E-state index >= 15 is 0 Å². The van der Waals surface area contributed by atoms with Crippen molar-refractivity contribution in [1.82, 2.24) is 0 Å². The highest BCUT2D eigenvalue weighted by Crippen LogP contribution is 2.39. The molecule has 0 saturated heterocycles. The molecule has 4 rings (SSSR count). The molecule has 24 heavy (non-hydrogen) atoms. The lowest BCUT2D eigenvalue weighted by molar-refractivity contribution is 0.0697. The SMILES string of the molecule is O=C(O)c1cccc2c1-c1ccccc1C2=NCc1ccccc1. The highest BCUT2D eigenvalue weighted by molar-refractivity contribution is 6.26. The second-order valence-electron chi connectivity index (χ2n) is 5.73. The Morgan fingerprint density at radius 1 is 0.792 bits per heavy atom. The lowest BCUT2D eigenvalue weighted by atomic mass is 9.99. The zero-order valence-corrected chi connectivity index (χ0v) is 12.9. The largest absolute Gasteiger partial charge is 0.478 e. The minimum absolute atomic E-state index is 0.324. The molecule has 0 amide bonds. The minimum atomic E-state index is -0.911. The normalized spacial score (nSPS) is 13.6. The lowest BCUT2D eigenvalue weighted by Crippen LogP contribution is -2.02. The van der Waals surface area contributed by atoms with E-state index in [1.165, 1.54) is 0 Å². The van der Waals surface area contributed by atoms with E-state index in [2.05, 4.69) is 0 Å². The molecule has 1 aliphatic rings. The number of aromatic carboxylic acids is 1. The van der Waals surface area contributed by atoms with Crippen LogP contribution in [0.15, 0.2) is 77.8 Å². The van der Waals surface area contributed by atoms with Crippen molar-refractivity contribution in [3.05, 3.63) is 95.1 Å². The molecule has 0 aromatic heterocycles. The average Bonchev–Trinajstić information content (AvgIpc) is 2.94. The number of hydrogen-bond acceptors (Lipinski definition) is 2. The molecule has 1 N–H and O–H groups in total. The van der Waals surface area contributed by atoms with Gasteiger partial charge in [-0.1, -0.05) is 66.7 Å². The van der Waals surface area contributed by atoms with E-state index in [1.807, 2.05) is 60.7 Å². The van der Waals surface area contributed by atoms with E-state index in [-0.39, 0.29) is 0 Å². The van der Waals surface area contributed by atoms with E-state index in [0.29, 0.717) is 12.1 Å².